The van der Waals surface area contributed by atoms with Crippen molar-refractivity contribution in [2.24, 2.45) is 23.2 Å². The van der Waals surface area contributed by atoms with Gasteiger partial charge in [0, 0.05) is 107 Å². The molecule has 1 aliphatic carbocycles. The smallest absolute Gasteiger partial charge is 0.243 e. The summed E-state index contributed by atoms with van der Waals surface area (Å²) in [4.78, 5) is 52.6. The molecule has 2 unspecified atom stereocenters. The second-order valence-electron chi connectivity index (χ2n) is 25.9. The number of fused-ring (bicyclic) bond motifs is 2. The Morgan fingerprint density at radius 3 is 2.30 bits per heavy atom. The van der Waals surface area contributed by atoms with E-state index >= 15 is 0 Å². The van der Waals surface area contributed by atoms with Crippen LogP contribution in [0.5, 0.6) is 11.6 Å². The van der Waals surface area contributed by atoms with Crippen LogP contribution in [-0.4, -0.2) is 164 Å². The first-order valence-corrected chi connectivity index (χ1v) is 31.6. The fraction of sp³-hybridized carbons (Fsp3) is 0.547. The Morgan fingerprint density at radius 1 is 0.845 bits per heavy atom. The molecule has 7 fully saturated rings. The van der Waals surface area contributed by atoms with Crippen molar-refractivity contribution in [3.8, 4) is 33.3 Å². The number of likely N-dealkylation sites (tertiary alicyclic amines) is 3. The molecule has 0 radical (unpaired) electrons. The number of aliphatic hydroxyl groups excluding tert-OH is 1. The van der Waals surface area contributed by atoms with Gasteiger partial charge >= 0.3 is 0 Å². The summed E-state index contributed by atoms with van der Waals surface area (Å²) in [7, 11) is 0. The third kappa shape index (κ3) is 11.5. The lowest BCUT2D eigenvalue weighted by Crippen LogP contribution is -2.61. The molecule has 6 aliphatic heterocycles. The van der Waals surface area contributed by atoms with Crippen LogP contribution in [0.3, 0.4) is 0 Å². The van der Waals surface area contributed by atoms with Crippen LogP contribution in [0.25, 0.3) is 21.7 Å². The highest BCUT2D eigenvalue weighted by molar-refractivity contribution is 7.13. The predicted octanol–water partition coefficient (Wildman–Crippen LogP) is 8.15. The zero-order chi connectivity index (χ0) is 57.8. The van der Waals surface area contributed by atoms with Crippen LogP contribution in [0, 0.1) is 30.1 Å². The van der Waals surface area contributed by atoms with Crippen molar-refractivity contribution in [3.05, 3.63) is 102 Å². The second-order valence-corrected chi connectivity index (χ2v) is 26.7. The van der Waals surface area contributed by atoms with Gasteiger partial charge in [-0.05, 0) is 137 Å². The minimum atomic E-state index is -0.795. The lowest BCUT2D eigenvalue weighted by Gasteiger charge is -2.55. The van der Waals surface area contributed by atoms with Crippen LogP contribution >= 0.6 is 11.3 Å². The number of aliphatic hydroxyl groups is 1. The van der Waals surface area contributed by atoms with E-state index in [4.69, 9.17) is 15.0 Å². The van der Waals surface area contributed by atoms with Gasteiger partial charge in [0.1, 0.15) is 23.8 Å². The quantitative estimate of drug-likeness (QED) is 0.0677. The standard InChI is InChI=1S/C64H81N13O6S/c1-39(2)59(63(81)76-35-49(78)28-54(76)62(80)68-40(3)44-9-11-45(12-10-44)60-41(4)67-38-84-60)56-30-57(71-83-56)74-23-18-64(19-24-74)36-73(37-64)31-42-16-21-72(22-17-42)32-43-25-50(26-43)82-58-27-46(15-20-66-58)77-47-13-14-48(77)34-75(33-47)53-29-52(69-70-61(53)65)51-7-5-6-8-55(51)79/h5-12,15,20,27,29-30,38-40,42-43,47-50,54,59,78-79H,13-14,16-19,21-26,28,31-37H2,1-4H3,(H2,65,70)(H,68,80)/t40-,43?,47?,48?,49+,50?,54-,59+/m0/s1. The van der Waals surface area contributed by atoms with Gasteiger partial charge in [-0.1, -0.05) is 55.4 Å². The largest absolute Gasteiger partial charge is 0.507 e. The van der Waals surface area contributed by atoms with Gasteiger partial charge in [0.25, 0.3) is 0 Å². The first-order chi connectivity index (χ1) is 40.7. The van der Waals surface area contributed by atoms with Crippen molar-refractivity contribution in [1.82, 2.24) is 45.3 Å². The Morgan fingerprint density at radius 2 is 1.58 bits per heavy atom. The Hall–Kier alpha value is -6.87. The van der Waals surface area contributed by atoms with E-state index in [0.29, 0.717) is 52.1 Å². The molecule has 13 rings (SSSR count). The zero-order valence-corrected chi connectivity index (χ0v) is 49.7. The molecule has 6 atom stereocenters. The summed E-state index contributed by atoms with van der Waals surface area (Å²) >= 11 is 1.60. The minimum absolute atomic E-state index is 0.0937. The molecule has 7 aliphatic rings. The zero-order valence-electron chi connectivity index (χ0n) is 48.9. The molecular weight excluding hydrogens is 1080 g/mol. The molecule has 6 saturated heterocycles. The number of nitrogen functional groups attached to an aromatic ring is 1. The molecule has 20 heteroatoms. The molecule has 2 amide bonds. The van der Waals surface area contributed by atoms with Crippen LogP contribution in [0.2, 0.25) is 0 Å². The molecule has 2 bridgehead atoms. The van der Waals surface area contributed by atoms with Gasteiger partial charge in [0.2, 0.25) is 17.7 Å². The minimum Gasteiger partial charge on any atom is -0.507 e. The topological polar surface area (TPSA) is 219 Å². The highest BCUT2D eigenvalue weighted by Gasteiger charge is 2.48. The van der Waals surface area contributed by atoms with Gasteiger partial charge in [-0.25, -0.2) is 9.97 Å². The SMILES string of the molecule is Cc1ncsc1-c1ccc([C@H](C)NC(=O)[C@@H]2C[C@@H](O)CN2C(=O)[C@@H](c2cc(N3CCC4(CC3)CN(CC3CCN(CC5CC(Oc6cc(N7C8CCC7CN(c7cc(-c9ccccc9O)nnc7N)C8)ccn6)C5)CC3)C4)no2)C(C)C)cc1. The van der Waals surface area contributed by atoms with Crippen LogP contribution in [0.1, 0.15) is 108 Å². The molecule has 4 aromatic heterocycles. The first-order valence-electron chi connectivity index (χ1n) is 30.7. The number of hydrogen-bond donors (Lipinski definition) is 4. The Labute approximate surface area is 496 Å². The van der Waals surface area contributed by atoms with Crippen LogP contribution in [0.4, 0.5) is 23.0 Å². The fourth-order valence-corrected chi connectivity index (χ4v) is 15.8. The van der Waals surface area contributed by atoms with E-state index in [1.165, 1.54) is 38.2 Å². The summed E-state index contributed by atoms with van der Waals surface area (Å²) in [5, 5.41) is 37.5. The van der Waals surface area contributed by atoms with Crippen LogP contribution in [0.15, 0.2) is 89.0 Å². The van der Waals surface area contributed by atoms with Crippen molar-refractivity contribution in [2.75, 3.05) is 92.4 Å². The number of carbonyl (C=O) groups excluding carboxylic acids is 2. The number of phenols is 1. The molecule has 10 heterocycles. The van der Waals surface area contributed by atoms with Gasteiger partial charge in [-0.3, -0.25) is 9.59 Å². The van der Waals surface area contributed by atoms with Crippen molar-refractivity contribution < 1.29 is 29.1 Å². The number of aryl methyl sites for hydroxylation is 1. The number of nitrogens with two attached hydrogens (primary N) is 1. The lowest BCUT2D eigenvalue weighted by atomic mass is 9.71. The number of benzene rings is 2. The average molecular weight is 1160 g/mol. The number of carbonyl (C=O) groups is 2. The number of phenolic OH excluding ortho intramolecular Hbond substituents is 1. The average Bonchev–Trinajstić information content (AvgIpc) is 2.22. The maximum atomic E-state index is 14.4. The van der Waals surface area contributed by atoms with Crippen molar-refractivity contribution in [1.29, 1.82) is 0 Å². The van der Waals surface area contributed by atoms with Gasteiger partial charge < -0.3 is 59.9 Å². The van der Waals surface area contributed by atoms with Crippen LogP contribution in [-0.2, 0) is 9.59 Å². The molecular formula is C64H81N13O6S. The van der Waals surface area contributed by atoms with E-state index < -0.39 is 18.1 Å². The Balaban J connectivity index is 0.524. The predicted molar refractivity (Wildman–Crippen MR) is 325 cm³/mol. The molecule has 2 aromatic carbocycles. The number of aromatic nitrogens is 5. The van der Waals surface area contributed by atoms with Crippen molar-refractivity contribution in [2.45, 2.75) is 128 Å². The van der Waals surface area contributed by atoms with Gasteiger partial charge in [0.15, 0.2) is 17.4 Å². The molecule has 444 valence electrons. The number of anilines is 4. The van der Waals surface area contributed by atoms with E-state index in [1.54, 1.807) is 28.4 Å². The number of hydrogen-bond acceptors (Lipinski definition) is 18. The summed E-state index contributed by atoms with van der Waals surface area (Å²) in [6, 6.07) is 23.0. The molecule has 5 N–H and O–H groups in total. The Kier molecular flexibility index (Phi) is 15.8. The van der Waals surface area contributed by atoms with E-state index in [0.717, 1.165) is 123 Å². The summed E-state index contributed by atoms with van der Waals surface area (Å²) < 4.78 is 12.5. The number of amides is 2. The summed E-state index contributed by atoms with van der Waals surface area (Å²) in [6.45, 7) is 18.5. The van der Waals surface area contributed by atoms with Gasteiger partial charge in [-0.2, -0.15) is 0 Å². The van der Waals surface area contributed by atoms with Gasteiger partial charge in [-0.15, -0.1) is 21.5 Å². The fourth-order valence-electron chi connectivity index (χ4n) is 15.0. The van der Waals surface area contributed by atoms with Crippen molar-refractivity contribution in [3.63, 3.8) is 0 Å². The third-order valence-corrected chi connectivity index (χ3v) is 20.7. The molecule has 84 heavy (non-hydrogen) atoms. The maximum absolute atomic E-state index is 14.4. The van der Waals surface area contributed by atoms with Gasteiger partial charge in [0.05, 0.1) is 39.6 Å². The Bertz CT molecular complexity index is 3280. The maximum Gasteiger partial charge on any atom is 0.243 e. The molecule has 19 nitrogen and oxygen atoms in total. The van der Waals surface area contributed by atoms with Crippen molar-refractivity contribution >= 4 is 46.2 Å². The summed E-state index contributed by atoms with van der Waals surface area (Å²) in [5.41, 5.74) is 14.9. The van der Waals surface area contributed by atoms with E-state index in [1.807, 2.05) is 87.9 Å². The number of aromatic hydroxyl groups is 1. The number of piperazine rings is 1. The molecule has 1 saturated carbocycles. The van der Waals surface area contributed by atoms with E-state index in [-0.39, 0.29) is 48.6 Å². The first kappa shape index (κ1) is 56.3. The summed E-state index contributed by atoms with van der Waals surface area (Å²) in [5.74, 6) is 2.70. The number of para-hydroxylation sites is 1. The van der Waals surface area contributed by atoms with Crippen LogP contribution < -0.4 is 30.5 Å². The number of pyridine rings is 1. The molecule has 6 aromatic rings. The molecule has 1 spiro atoms. The number of piperidine rings is 2. The number of β-amino-alcohol motifs (C(OH)–C–C–N with tert-alkyl or cyclic N) is 1. The normalized spacial score (nSPS) is 25.2. The number of rotatable bonds is 17. The summed E-state index contributed by atoms with van der Waals surface area (Å²) in [6.07, 6.45) is 10.5. The third-order valence-electron chi connectivity index (χ3n) is 19.7. The number of nitrogens with one attached hydrogen (secondary N) is 1. The van der Waals surface area contributed by atoms with E-state index in [9.17, 15) is 19.8 Å². The lowest BCUT2D eigenvalue weighted by molar-refractivity contribution is -0.141. The van der Waals surface area contributed by atoms with E-state index in [2.05, 4.69) is 67.3 Å². The number of thiazole rings is 1. The number of nitrogens with zero attached hydrogens (tertiary/aromatic N) is 11. The highest BCUT2D eigenvalue weighted by atomic mass is 32.1. The number of ether oxygens (including phenoxy) is 1. The highest BCUT2D eigenvalue weighted by Crippen LogP contribution is 2.44. The second kappa shape index (κ2) is 23.5. The monoisotopic (exact) mass is 1160 g/mol.